The number of hydrogen-bond donors (Lipinski definition) is 1. The van der Waals surface area contributed by atoms with Gasteiger partial charge in [0.1, 0.15) is 5.92 Å². The summed E-state index contributed by atoms with van der Waals surface area (Å²) >= 11 is 0. The molecule has 5 heteroatoms. The van der Waals surface area contributed by atoms with E-state index in [1.165, 1.54) is 14.2 Å². The molecule has 0 heterocycles. The lowest BCUT2D eigenvalue weighted by Gasteiger charge is -2.10. The molecule has 1 atom stereocenters. The number of carbonyl (C=O) groups excluding carboxylic acids is 1. The zero-order valence-electron chi connectivity index (χ0n) is 9.06. The summed E-state index contributed by atoms with van der Waals surface area (Å²) in [5.41, 5.74) is 5.60. The van der Waals surface area contributed by atoms with Crippen LogP contribution in [0.2, 0.25) is 0 Å². The fourth-order valence-electron chi connectivity index (χ4n) is 1.33. The molecule has 0 spiro atoms. The van der Waals surface area contributed by atoms with Crippen LogP contribution in [-0.2, 0) is 4.79 Å². The van der Waals surface area contributed by atoms with E-state index in [1.807, 2.05) is 6.07 Å². The zero-order valence-corrected chi connectivity index (χ0v) is 9.06. The molecule has 1 aromatic carbocycles. The third-order valence-corrected chi connectivity index (χ3v) is 2.15. The first kappa shape index (κ1) is 11.9. The summed E-state index contributed by atoms with van der Waals surface area (Å²) < 4.78 is 10.1. The predicted octanol–water partition coefficient (Wildman–Crippen LogP) is 0.796. The van der Waals surface area contributed by atoms with Gasteiger partial charge in [0.05, 0.1) is 20.3 Å². The highest BCUT2D eigenvalue weighted by molar-refractivity contribution is 5.85. The molecular formula is C11H12N2O3. The number of hydrogen-bond acceptors (Lipinski definition) is 4. The minimum atomic E-state index is -0.972. The first-order valence-electron chi connectivity index (χ1n) is 4.55. The van der Waals surface area contributed by atoms with Crippen LogP contribution in [0.3, 0.4) is 0 Å². The summed E-state index contributed by atoms with van der Waals surface area (Å²) in [5, 5.41) is 8.82. The Balaban J connectivity index is 3.17. The molecule has 0 fully saturated rings. The highest BCUT2D eigenvalue weighted by Gasteiger charge is 2.18. The number of amides is 1. The molecule has 16 heavy (non-hydrogen) atoms. The summed E-state index contributed by atoms with van der Waals surface area (Å²) in [4.78, 5) is 11.0. The summed E-state index contributed by atoms with van der Waals surface area (Å²) in [7, 11) is 2.99. The van der Waals surface area contributed by atoms with Crippen LogP contribution >= 0.6 is 0 Å². The molecule has 84 valence electrons. The van der Waals surface area contributed by atoms with Crippen LogP contribution in [0.15, 0.2) is 18.2 Å². The van der Waals surface area contributed by atoms with Crippen LogP contribution in [0, 0.1) is 11.3 Å². The topological polar surface area (TPSA) is 85.3 Å². The van der Waals surface area contributed by atoms with E-state index in [9.17, 15) is 4.79 Å². The number of carbonyl (C=O) groups is 1. The first-order valence-corrected chi connectivity index (χ1v) is 4.55. The fraction of sp³-hybridized carbons (Fsp3) is 0.273. The Labute approximate surface area is 93.4 Å². The smallest absolute Gasteiger partial charge is 0.239 e. The molecular weight excluding hydrogens is 208 g/mol. The third-order valence-electron chi connectivity index (χ3n) is 2.15. The van der Waals surface area contributed by atoms with Gasteiger partial charge in [0.2, 0.25) is 5.91 Å². The van der Waals surface area contributed by atoms with Crippen molar-refractivity contribution in [3.05, 3.63) is 23.8 Å². The lowest BCUT2D eigenvalue weighted by atomic mass is 10.00. The normalized spacial score (nSPS) is 11.3. The number of nitrogens with zero attached hydrogens (tertiary/aromatic N) is 1. The van der Waals surface area contributed by atoms with Crippen molar-refractivity contribution >= 4 is 5.91 Å². The van der Waals surface area contributed by atoms with Crippen molar-refractivity contribution in [3.8, 4) is 17.6 Å². The average molecular weight is 220 g/mol. The van der Waals surface area contributed by atoms with E-state index in [0.29, 0.717) is 17.1 Å². The van der Waals surface area contributed by atoms with E-state index in [4.69, 9.17) is 20.5 Å². The molecule has 0 bridgehead atoms. The minimum Gasteiger partial charge on any atom is -0.493 e. The van der Waals surface area contributed by atoms with E-state index in [1.54, 1.807) is 18.2 Å². The van der Waals surface area contributed by atoms with Gasteiger partial charge in [-0.2, -0.15) is 5.26 Å². The van der Waals surface area contributed by atoms with Gasteiger partial charge in [-0.1, -0.05) is 6.07 Å². The van der Waals surface area contributed by atoms with Crippen molar-refractivity contribution in [2.75, 3.05) is 14.2 Å². The highest BCUT2D eigenvalue weighted by Crippen LogP contribution is 2.30. The minimum absolute atomic E-state index is 0.460. The zero-order chi connectivity index (χ0) is 12.1. The fourth-order valence-corrected chi connectivity index (χ4v) is 1.33. The van der Waals surface area contributed by atoms with Gasteiger partial charge in [0.15, 0.2) is 11.5 Å². The summed E-state index contributed by atoms with van der Waals surface area (Å²) in [5.74, 6) is -0.663. The molecule has 0 aliphatic carbocycles. The summed E-state index contributed by atoms with van der Waals surface area (Å²) in [6.45, 7) is 0. The van der Waals surface area contributed by atoms with E-state index in [-0.39, 0.29) is 0 Å². The van der Waals surface area contributed by atoms with Gasteiger partial charge >= 0.3 is 0 Å². The number of methoxy groups -OCH3 is 2. The Hall–Kier alpha value is -2.22. The Morgan fingerprint density at radius 1 is 1.38 bits per heavy atom. The van der Waals surface area contributed by atoms with Crippen LogP contribution < -0.4 is 15.2 Å². The molecule has 1 rings (SSSR count). The molecule has 0 radical (unpaired) electrons. The molecule has 0 saturated carbocycles. The molecule has 0 aliphatic rings. The molecule has 2 N–H and O–H groups in total. The third kappa shape index (κ3) is 2.23. The van der Waals surface area contributed by atoms with Crippen molar-refractivity contribution in [1.82, 2.24) is 0 Å². The maximum absolute atomic E-state index is 11.0. The maximum Gasteiger partial charge on any atom is 0.239 e. The number of ether oxygens (including phenoxy) is 2. The van der Waals surface area contributed by atoms with Crippen LogP contribution in [0.4, 0.5) is 0 Å². The lowest BCUT2D eigenvalue weighted by molar-refractivity contribution is -0.118. The average Bonchev–Trinajstić information content (AvgIpc) is 2.29. The Bertz CT molecular complexity index is 437. The number of nitriles is 1. The molecule has 1 aromatic rings. The Morgan fingerprint density at radius 3 is 2.44 bits per heavy atom. The van der Waals surface area contributed by atoms with Crippen LogP contribution in [0.5, 0.6) is 11.5 Å². The van der Waals surface area contributed by atoms with E-state index >= 15 is 0 Å². The van der Waals surface area contributed by atoms with E-state index in [0.717, 1.165) is 0 Å². The van der Waals surface area contributed by atoms with Gasteiger partial charge < -0.3 is 15.2 Å². The second-order valence-electron chi connectivity index (χ2n) is 3.08. The lowest BCUT2D eigenvalue weighted by Crippen LogP contribution is -2.20. The van der Waals surface area contributed by atoms with Crippen LogP contribution in [0.1, 0.15) is 11.5 Å². The monoisotopic (exact) mass is 220 g/mol. The standard InChI is InChI=1S/C11H12N2O3/c1-15-9-4-3-7(5-10(9)16-2)8(6-12)11(13)14/h3-5,8H,1-2H3,(H2,13,14)/t8-/m1/s1. The Kier molecular flexibility index (Phi) is 3.72. The number of primary amides is 1. The van der Waals surface area contributed by atoms with Gasteiger partial charge in [-0.15, -0.1) is 0 Å². The Morgan fingerprint density at radius 2 is 2.00 bits per heavy atom. The van der Waals surface area contributed by atoms with Crippen LogP contribution in [-0.4, -0.2) is 20.1 Å². The van der Waals surface area contributed by atoms with E-state index in [2.05, 4.69) is 0 Å². The SMILES string of the molecule is COc1ccc([C@@H](C#N)C(N)=O)cc1OC. The maximum atomic E-state index is 11.0. The summed E-state index contributed by atoms with van der Waals surface area (Å²) in [6.07, 6.45) is 0. The van der Waals surface area contributed by atoms with Crippen LogP contribution in [0.25, 0.3) is 0 Å². The quantitative estimate of drug-likeness (QED) is 0.813. The van der Waals surface area contributed by atoms with Gasteiger partial charge in [-0.25, -0.2) is 0 Å². The molecule has 0 saturated heterocycles. The van der Waals surface area contributed by atoms with Crippen molar-refractivity contribution in [2.24, 2.45) is 5.73 Å². The van der Waals surface area contributed by atoms with E-state index < -0.39 is 11.8 Å². The predicted molar refractivity (Wildman–Crippen MR) is 57.1 cm³/mol. The first-order chi connectivity index (χ1) is 7.63. The van der Waals surface area contributed by atoms with Gasteiger partial charge in [-0.3, -0.25) is 4.79 Å². The number of benzene rings is 1. The number of rotatable bonds is 4. The van der Waals surface area contributed by atoms with Crippen molar-refractivity contribution in [2.45, 2.75) is 5.92 Å². The second kappa shape index (κ2) is 5.03. The second-order valence-corrected chi connectivity index (χ2v) is 3.08. The largest absolute Gasteiger partial charge is 0.493 e. The van der Waals surface area contributed by atoms with Gasteiger partial charge in [-0.05, 0) is 17.7 Å². The molecule has 0 aromatic heterocycles. The highest BCUT2D eigenvalue weighted by atomic mass is 16.5. The van der Waals surface area contributed by atoms with Crippen molar-refractivity contribution in [1.29, 1.82) is 5.26 Å². The summed E-state index contributed by atoms with van der Waals surface area (Å²) in [6, 6.07) is 6.64. The molecule has 0 unspecified atom stereocenters. The molecule has 0 aliphatic heterocycles. The van der Waals surface area contributed by atoms with Gasteiger partial charge in [0, 0.05) is 0 Å². The van der Waals surface area contributed by atoms with Crippen molar-refractivity contribution in [3.63, 3.8) is 0 Å². The molecule has 5 nitrogen and oxygen atoms in total. The van der Waals surface area contributed by atoms with Crippen molar-refractivity contribution < 1.29 is 14.3 Å². The molecule has 1 amide bonds. The van der Waals surface area contributed by atoms with Gasteiger partial charge in [0.25, 0.3) is 0 Å². The number of nitrogens with two attached hydrogens (primary N) is 1.